The SMILES string of the molecule is CCC(CC)NC(=O)[C@H](C)NC(=O)[C@H](CCCN=C(N)N)NC(=O)[C@H](C)NC(C)=O.O=C(O)C(F)(F)F. The van der Waals surface area contributed by atoms with Crippen LogP contribution in [-0.4, -0.2) is 77.6 Å². The van der Waals surface area contributed by atoms with Crippen molar-refractivity contribution < 1.29 is 42.3 Å². The van der Waals surface area contributed by atoms with Crippen LogP contribution in [0.3, 0.4) is 0 Å². The van der Waals surface area contributed by atoms with E-state index in [1.807, 2.05) is 13.8 Å². The molecule has 214 valence electrons. The van der Waals surface area contributed by atoms with Crippen LogP contribution in [0.1, 0.15) is 60.3 Å². The number of carboxylic acids is 1. The number of amides is 4. The minimum atomic E-state index is -5.08. The Hall–Kier alpha value is -3.59. The number of rotatable bonds is 13. The van der Waals surface area contributed by atoms with Crippen molar-refractivity contribution in [2.75, 3.05) is 6.54 Å². The zero-order valence-electron chi connectivity index (χ0n) is 21.6. The molecule has 9 N–H and O–H groups in total. The highest BCUT2D eigenvalue weighted by atomic mass is 19.4. The zero-order valence-corrected chi connectivity index (χ0v) is 21.6. The average molecular weight is 542 g/mol. The maximum absolute atomic E-state index is 12.7. The molecular formula is C21H38F3N7O6. The van der Waals surface area contributed by atoms with Gasteiger partial charge in [-0.3, -0.25) is 24.2 Å². The summed E-state index contributed by atoms with van der Waals surface area (Å²) in [5.74, 6) is -4.50. The fourth-order valence-electron chi connectivity index (χ4n) is 2.64. The second kappa shape index (κ2) is 17.8. The molecule has 3 atom stereocenters. The van der Waals surface area contributed by atoms with Crippen molar-refractivity contribution >= 4 is 35.6 Å². The first kappa shape index (κ1) is 35.6. The van der Waals surface area contributed by atoms with Gasteiger partial charge in [0.15, 0.2) is 5.96 Å². The standard InChI is InChI=1S/C19H37N7O4.C2HF3O2/c1-6-14(7-2)25-16(28)12(4)24-18(30)15(9-8-10-22-19(20)21)26-17(29)11(3)23-13(5)27;3-2(4,5)1(6)7/h11-12,14-15H,6-10H2,1-5H3,(H,23,27)(H,24,30)(H,25,28)(H,26,29)(H4,20,21,22);(H,6,7)/t11-,12-,15-;/m0./s1. The predicted octanol–water partition coefficient (Wildman–Crippen LogP) is -0.508. The van der Waals surface area contributed by atoms with Gasteiger partial charge in [0.1, 0.15) is 18.1 Å². The van der Waals surface area contributed by atoms with Crippen LogP contribution in [0.15, 0.2) is 4.99 Å². The lowest BCUT2D eigenvalue weighted by molar-refractivity contribution is -0.192. The molecule has 0 spiro atoms. The molecule has 37 heavy (non-hydrogen) atoms. The van der Waals surface area contributed by atoms with Gasteiger partial charge in [0, 0.05) is 19.5 Å². The van der Waals surface area contributed by atoms with Crippen molar-refractivity contribution in [2.45, 2.75) is 90.6 Å². The molecule has 0 rings (SSSR count). The third-order valence-electron chi connectivity index (χ3n) is 4.72. The van der Waals surface area contributed by atoms with E-state index in [2.05, 4.69) is 26.3 Å². The van der Waals surface area contributed by atoms with Gasteiger partial charge in [-0.25, -0.2) is 4.79 Å². The lowest BCUT2D eigenvalue weighted by atomic mass is 10.1. The lowest BCUT2D eigenvalue weighted by Gasteiger charge is -2.24. The molecule has 0 saturated heterocycles. The Morgan fingerprint density at radius 2 is 1.32 bits per heavy atom. The molecule has 13 nitrogen and oxygen atoms in total. The fourth-order valence-corrected chi connectivity index (χ4v) is 2.64. The van der Waals surface area contributed by atoms with Gasteiger partial charge in [-0.05, 0) is 39.5 Å². The van der Waals surface area contributed by atoms with E-state index in [1.165, 1.54) is 13.8 Å². The zero-order chi connectivity index (χ0) is 29.3. The number of nitrogens with zero attached hydrogens (tertiary/aromatic N) is 1. The molecule has 0 saturated carbocycles. The molecule has 0 aromatic carbocycles. The number of guanidine groups is 1. The summed E-state index contributed by atoms with van der Waals surface area (Å²) in [5.41, 5.74) is 10.6. The molecule has 16 heteroatoms. The molecule has 0 aromatic heterocycles. The minimum absolute atomic E-state index is 0.0328. The van der Waals surface area contributed by atoms with E-state index < -0.39 is 42.1 Å². The minimum Gasteiger partial charge on any atom is -0.475 e. The largest absolute Gasteiger partial charge is 0.490 e. The van der Waals surface area contributed by atoms with Crippen molar-refractivity contribution in [1.29, 1.82) is 0 Å². The van der Waals surface area contributed by atoms with Crippen molar-refractivity contribution in [2.24, 2.45) is 16.5 Å². The molecule has 4 amide bonds. The maximum Gasteiger partial charge on any atom is 0.490 e. The summed E-state index contributed by atoms with van der Waals surface area (Å²) < 4.78 is 31.7. The summed E-state index contributed by atoms with van der Waals surface area (Å²) >= 11 is 0. The number of hydrogen-bond acceptors (Lipinski definition) is 6. The van der Waals surface area contributed by atoms with E-state index in [1.54, 1.807) is 6.92 Å². The van der Waals surface area contributed by atoms with Gasteiger partial charge in [0.25, 0.3) is 0 Å². The molecule has 0 aromatic rings. The van der Waals surface area contributed by atoms with Gasteiger partial charge in [0.2, 0.25) is 23.6 Å². The highest BCUT2D eigenvalue weighted by molar-refractivity contribution is 5.93. The third kappa shape index (κ3) is 17.5. The Morgan fingerprint density at radius 1 is 0.865 bits per heavy atom. The van der Waals surface area contributed by atoms with Crippen LogP contribution < -0.4 is 32.7 Å². The number of aliphatic carboxylic acids is 1. The highest BCUT2D eigenvalue weighted by Crippen LogP contribution is 2.13. The van der Waals surface area contributed by atoms with Crippen LogP contribution in [0.25, 0.3) is 0 Å². The van der Waals surface area contributed by atoms with E-state index in [-0.39, 0.29) is 36.8 Å². The average Bonchev–Trinajstić information content (AvgIpc) is 2.77. The number of nitrogens with one attached hydrogen (secondary N) is 4. The summed E-state index contributed by atoms with van der Waals surface area (Å²) in [6, 6.07) is -2.47. The van der Waals surface area contributed by atoms with Crippen LogP contribution in [0.4, 0.5) is 13.2 Å². The second-order valence-electron chi connectivity index (χ2n) is 7.99. The number of carbonyl (C=O) groups is 5. The van der Waals surface area contributed by atoms with Crippen molar-refractivity contribution in [3.8, 4) is 0 Å². The normalized spacial score (nSPS) is 13.1. The summed E-state index contributed by atoms with van der Waals surface area (Å²) in [6.07, 6.45) is -2.83. The van der Waals surface area contributed by atoms with Crippen molar-refractivity contribution in [3.05, 3.63) is 0 Å². The Morgan fingerprint density at radius 3 is 1.73 bits per heavy atom. The molecule has 0 heterocycles. The van der Waals surface area contributed by atoms with E-state index in [9.17, 15) is 32.3 Å². The number of hydrogen-bond donors (Lipinski definition) is 7. The fraction of sp³-hybridized carbons (Fsp3) is 0.714. The molecule has 0 radical (unpaired) electrons. The molecule has 0 bridgehead atoms. The summed E-state index contributed by atoms with van der Waals surface area (Å²) in [4.78, 5) is 61.3. The summed E-state index contributed by atoms with van der Waals surface area (Å²) in [6.45, 7) is 8.61. The van der Waals surface area contributed by atoms with Gasteiger partial charge >= 0.3 is 12.1 Å². The molecule has 0 aliphatic heterocycles. The first-order chi connectivity index (χ1) is 17.0. The van der Waals surface area contributed by atoms with Crippen LogP contribution >= 0.6 is 0 Å². The Kier molecular flexibility index (Phi) is 17.1. The van der Waals surface area contributed by atoms with E-state index in [0.717, 1.165) is 12.8 Å². The summed E-state index contributed by atoms with van der Waals surface area (Å²) in [7, 11) is 0. The highest BCUT2D eigenvalue weighted by Gasteiger charge is 2.38. The number of aliphatic imine (C=N–C) groups is 1. The molecule has 0 aliphatic carbocycles. The van der Waals surface area contributed by atoms with Crippen molar-refractivity contribution in [1.82, 2.24) is 21.3 Å². The number of nitrogens with two attached hydrogens (primary N) is 2. The van der Waals surface area contributed by atoms with Gasteiger partial charge < -0.3 is 37.8 Å². The van der Waals surface area contributed by atoms with Crippen LogP contribution in [0.5, 0.6) is 0 Å². The van der Waals surface area contributed by atoms with Crippen molar-refractivity contribution in [3.63, 3.8) is 0 Å². The third-order valence-corrected chi connectivity index (χ3v) is 4.72. The lowest BCUT2D eigenvalue weighted by Crippen LogP contribution is -2.56. The Labute approximate surface area is 213 Å². The molecule has 0 fully saturated rings. The van der Waals surface area contributed by atoms with Crippen LogP contribution in [0.2, 0.25) is 0 Å². The number of halogens is 3. The van der Waals surface area contributed by atoms with E-state index in [4.69, 9.17) is 21.4 Å². The van der Waals surface area contributed by atoms with Gasteiger partial charge in [-0.1, -0.05) is 13.8 Å². The van der Waals surface area contributed by atoms with Crippen LogP contribution in [-0.2, 0) is 24.0 Å². The second-order valence-corrected chi connectivity index (χ2v) is 7.99. The Balaban J connectivity index is 0. The smallest absolute Gasteiger partial charge is 0.475 e. The number of alkyl halides is 3. The monoisotopic (exact) mass is 541 g/mol. The van der Waals surface area contributed by atoms with Gasteiger partial charge in [-0.2, -0.15) is 13.2 Å². The van der Waals surface area contributed by atoms with Gasteiger partial charge in [-0.15, -0.1) is 0 Å². The van der Waals surface area contributed by atoms with E-state index >= 15 is 0 Å². The number of carbonyl (C=O) groups excluding carboxylic acids is 4. The van der Waals surface area contributed by atoms with Crippen LogP contribution in [0, 0.1) is 0 Å². The summed E-state index contributed by atoms with van der Waals surface area (Å²) in [5, 5.41) is 17.7. The van der Waals surface area contributed by atoms with E-state index in [0.29, 0.717) is 6.42 Å². The van der Waals surface area contributed by atoms with Gasteiger partial charge in [0.05, 0.1) is 0 Å². The molecule has 0 unspecified atom stereocenters. The number of carboxylic acid groups (broad SMARTS) is 1. The molecular weight excluding hydrogens is 503 g/mol. The molecule has 0 aliphatic rings. The first-order valence-electron chi connectivity index (χ1n) is 11.5. The Bertz CT molecular complexity index is 800. The quantitative estimate of drug-likeness (QED) is 0.0912. The first-order valence-corrected chi connectivity index (χ1v) is 11.5. The predicted molar refractivity (Wildman–Crippen MR) is 129 cm³/mol. The maximum atomic E-state index is 12.7. The topological polar surface area (TPSA) is 218 Å².